The van der Waals surface area contributed by atoms with Crippen molar-refractivity contribution < 1.29 is 4.79 Å². The highest BCUT2D eigenvalue weighted by atomic mass is 32.1. The number of nitrogens with one attached hydrogen (secondary N) is 1. The Morgan fingerprint density at radius 1 is 1.24 bits per heavy atom. The van der Waals surface area contributed by atoms with Crippen molar-refractivity contribution in [3.63, 3.8) is 0 Å². The van der Waals surface area contributed by atoms with Crippen LogP contribution in [0.25, 0.3) is 0 Å². The number of hydrogen-bond donors (Lipinski definition) is 2. The van der Waals surface area contributed by atoms with E-state index in [0.717, 1.165) is 24.0 Å². The Kier molecular flexibility index (Phi) is 5.90. The zero-order valence-corrected chi connectivity index (χ0v) is 13.3. The van der Waals surface area contributed by atoms with E-state index in [9.17, 15) is 4.79 Å². The summed E-state index contributed by atoms with van der Waals surface area (Å²) >= 11 is 6.64. The van der Waals surface area contributed by atoms with E-state index >= 15 is 0 Å². The van der Waals surface area contributed by atoms with Crippen LogP contribution in [0.1, 0.15) is 28.8 Å². The molecule has 0 saturated heterocycles. The molecule has 2 aromatic rings. The van der Waals surface area contributed by atoms with Crippen LogP contribution in [0.5, 0.6) is 0 Å². The van der Waals surface area contributed by atoms with Gasteiger partial charge in [-0.1, -0.05) is 42.5 Å². The first-order valence-electron chi connectivity index (χ1n) is 6.83. The molecule has 2 rings (SSSR count). The van der Waals surface area contributed by atoms with E-state index in [1.165, 1.54) is 4.88 Å². The molecule has 0 aliphatic rings. The Bertz CT molecular complexity index is 591. The van der Waals surface area contributed by atoms with Gasteiger partial charge in [0.2, 0.25) is 5.91 Å². The van der Waals surface area contributed by atoms with Crippen molar-refractivity contribution >= 4 is 34.5 Å². The van der Waals surface area contributed by atoms with Gasteiger partial charge in [0.25, 0.3) is 0 Å². The maximum absolute atomic E-state index is 11.8. The number of carbonyl (C=O) groups excluding carboxylic acids is 1. The molecule has 0 spiro atoms. The van der Waals surface area contributed by atoms with Crippen LogP contribution in [0.3, 0.4) is 0 Å². The number of carbonyl (C=O) groups is 1. The first kappa shape index (κ1) is 15.7. The third-order valence-electron chi connectivity index (χ3n) is 3.14. The molecule has 1 aromatic heterocycles. The Labute approximate surface area is 134 Å². The summed E-state index contributed by atoms with van der Waals surface area (Å²) in [7, 11) is 0. The minimum absolute atomic E-state index is 0.0879. The molecule has 1 amide bonds. The number of benzene rings is 1. The van der Waals surface area contributed by atoms with E-state index in [1.807, 2.05) is 30.3 Å². The third-order valence-corrected chi connectivity index (χ3v) is 4.31. The van der Waals surface area contributed by atoms with Crippen molar-refractivity contribution in [2.75, 3.05) is 0 Å². The number of hydrogen-bond acceptors (Lipinski definition) is 3. The van der Waals surface area contributed by atoms with Gasteiger partial charge in [-0.15, -0.1) is 11.3 Å². The van der Waals surface area contributed by atoms with Gasteiger partial charge in [0.05, 0.1) is 0 Å². The fraction of sp³-hybridized carbons (Fsp3) is 0.250. The number of aryl methyl sites for hydroxylation is 1. The lowest BCUT2D eigenvalue weighted by molar-refractivity contribution is -0.121. The van der Waals surface area contributed by atoms with Crippen LogP contribution in [-0.4, -0.2) is 10.9 Å². The molecule has 0 aliphatic heterocycles. The van der Waals surface area contributed by atoms with Gasteiger partial charge in [-0.3, -0.25) is 4.79 Å². The molecule has 0 bridgehead atoms. The van der Waals surface area contributed by atoms with Gasteiger partial charge in [-0.2, -0.15) is 0 Å². The van der Waals surface area contributed by atoms with Gasteiger partial charge in [-0.05, 0) is 29.9 Å². The Morgan fingerprint density at radius 2 is 2.00 bits per heavy atom. The van der Waals surface area contributed by atoms with Crippen molar-refractivity contribution in [2.45, 2.75) is 25.8 Å². The maximum atomic E-state index is 11.8. The minimum Gasteiger partial charge on any atom is -0.389 e. The molecule has 3 N–H and O–H groups in total. The van der Waals surface area contributed by atoms with Crippen LogP contribution in [0.4, 0.5) is 0 Å². The standard InChI is InChI=1S/C16H18N2OS2/c17-16(20)13-8-6-12(7-9-13)11-18-15(19)5-1-3-14-4-2-10-21-14/h2,4,6-10H,1,3,5,11H2,(H2,17,20)(H,18,19). The lowest BCUT2D eigenvalue weighted by Crippen LogP contribution is -2.22. The lowest BCUT2D eigenvalue weighted by Gasteiger charge is -2.06. The first-order chi connectivity index (χ1) is 10.1. The average molecular weight is 318 g/mol. The molecule has 5 heteroatoms. The molecule has 0 aliphatic carbocycles. The fourth-order valence-corrected chi connectivity index (χ4v) is 2.84. The summed E-state index contributed by atoms with van der Waals surface area (Å²) < 4.78 is 0. The predicted molar refractivity (Wildman–Crippen MR) is 91.4 cm³/mol. The van der Waals surface area contributed by atoms with Crippen LogP contribution in [0.15, 0.2) is 41.8 Å². The summed E-state index contributed by atoms with van der Waals surface area (Å²) in [5.74, 6) is 0.0879. The summed E-state index contributed by atoms with van der Waals surface area (Å²) in [5, 5.41) is 4.99. The number of amides is 1. The summed E-state index contributed by atoms with van der Waals surface area (Å²) in [6.45, 7) is 0.537. The van der Waals surface area contributed by atoms with Crippen LogP contribution in [0, 0.1) is 0 Å². The van der Waals surface area contributed by atoms with Crippen LogP contribution < -0.4 is 11.1 Å². The largest absolute Gasteiger partial charge is 0.389 e. The van der Waals surface area contributed by atoms with Crippen LogP contribution in [-0.2, 0) is 17.8 Å². The molecular formula is C16H18N2OS2. The third kappa shape index (κ3) is 5.28. The summed E-state index contributed by atoms with van der Waals surface area (Å²) in [6, 6.07) is 11.8. The maximum Gasteiger partial charge on any atom is 0.220 e. The first-order valence-corrected chi connectivity index (χ1v) is 8.12. The van der Waals surface area contributed by atoms with Crippen molar-refractivity contribution in [3.8, 4) is 0 Å². The van der Waals surface area contributed by atoms with Gasteiger partial charge >= 0.3 is 0 Å². The monoisotopic (exact) mass is 318 g/mol. The molecule has 0 unspecified atom stereocenters. The highest BCUT2D eigenvalue weighted by Crippen LogP contribution is 2.12. The fourth-order valence-electron chi connectivity index (χ4n) is 1.95. The molecule has 3 nitrogen and oxygen atoms in total. The zero-order valence-electron chi connectivity index (χ0n) is 11.7. The molecule has 110 valence electrons. The van der Waals surface area contributed by atoms with E-state index in [2.05, 4.69) is 16.8 Å². The van der Waals surface area contributed by atoms with Gasteiger partial charge in [0.15, 0.2) is 0 Å². The SMILES string of the molecule is NC(=S)c1ccc(CNC(=O)CCCc2cccs2)cc1. The quantitative estimate of drug-likeness (QED) is 0.772. The lowest BCUT2D eigenvalue weighted by atomic mass is 10.1. The molecule has 0 atom stereocenters. The Hall–Kier alpha value is -1.72. The van der Waals surface area contributed by atoms with Gasteiger partial charge in [-0.25, -0.2) is 0 Å². The summed E-state index contributed by atoms with van der Waals surface area (Å²) in [6.07, 6.45) is 2.41. The van der Waals surface area contributed by atoms with Crippen molar-refractivity contribution in [3.05, 3.63) is 57.8 Å². The smallest absolute Gasteiger partial charge is 0.220 e. The molecule has 21 heavy (non-hydrogen) atoms. The highest BCUT2D eigenvalue weighted by molar-refractivity contribution is 7.80. The minimum atomic E-state index is 0.0879. The Morgan fingerprint density at radius 3 is 2.62 bits per heavy atom. The van der Waals surface area contributed by atoms with E-state index in [-0.39, 0.29) is 5.91 Å². The van der Waals surface area contributed by atoms with Crippen molar-refractivity contribution in [1.82, 2.24) is 5.32 Å². The number of nitrogens with two attached hydrogens (primary N) is 1. The topological polar surface area (TPSA) is 55.1 Å². The van der Waals surface area contributed by atoms with E-state index in [0.29, 0.717) is 18.0 Å². The highest BCUT2D eigenvalue weighted by Gasteiger charge is 2.03. The van der Waals surface area contributed by atoms with E-state index < -0.39 is 0 Å². The van der Waals surface area contributed by atoms with Crippen molar-refractivity contribution in [1.29, 1.82) is 0 Å². The Balaban J connectivity index is 1.69. The second-order valence-corrected chi connectivity index (χ2v) is 6.24. The number of rotatable bonds is 7. The average Bonchev–Trinajstić information content (AvgIpc) is 2.99. The molecule has 1 aromatic carbocycles. The summed E-state index contributed by atoms with van der Waals surface area (Å²) in [5.41, 5.74) is 7.43. The number of thiocarbonyl (C=S) groups is 1. The zero-order chi connectivity index (χ0) is 15.1. The molecular weight excluding hydrogens is 300 g/mol. The normalized spacial score (nSPS) is 10.3. The molecule has 0 fully saturated rings. The second kappa shape index (κ2) is 7.90. The second-order valence-electron chi connectivity index (χ2n) is 4.77. The number of thiophene rings is 1. The molecule has 0 saturated carbocycles. The van der Waals surface area contributed by atoms with Gasteiger partial charge < -0.3 is 11.1 Å². The van der Waals surface area contributed by atoms with Crippen LogP contribution in [0.2, 0.25) is 0 Å². The molecule has 0 radical (unpaired) electrons. The van der Waals surface area contributed by atoms with Crippen LogP contribution >= 0.6 is 23.6 Å². The summed E-state index contributed by atoms with van der Waals surface area (Å²) in [4.78, 5) is 13.5. The van der Waals surface area contributed by atoms with Gasteiger partial charge in [0, 0.05) is 23.4 Å². The predicted octanol–water partition coefficient (Wildman–Crippen LogP) is 3.02. The van der Waals surface area contributed by atoms with E-state index in [1.54, 1.807) is 11.3 Å². The molecule has 1 heterocycles. The van der Waals surface area contributed by atoms with Gasteiger partial charge in [0.1, 0.15) is 4.99 Å². The van der Waals surface area contributed by atoms with Crippen molar-refractivity contribution in [2.24, 2.45) is 5.73 Å². The van der Waals surface area contributed by atoms with E-state index in [4.69, 9.17) is 18.0 Å².